The first-order chi connectivity index (χ1) is 16.2. The van der Waals surface area contributed by atoms with E-state index < -0.39 is 5.97 Å². The van der Waals surface area contributed by atoms with Gasteiger partial charge < -0.3 is 13.9 Å². The molecule has 0 N–H and O–H groups in total. The van der Waals surface area contributed by atoms with E-state index in [1.165, 1.54) is 12.3 Å². The van der Waals surface area contributed by atoms with Gasteiger partial charge in [-0.25, -0.2) is 4.79 Å². The molecular formula is C28H26O5. The summed E-state index contributed by atoms with van der Waals surface area (Å²) >= 11 is 0. The zero-order valence-corrected chi connectivity index (χ0v) is 18.7. The van der Waals surface area contributed by atoms with Crippen molar-refractivity contribution in [1.29, 1.82) is 0 Å². The molecule has 33 heavy (non-hydrogen) atoms. The van der Waals surface area contributed by atoms with Gasteiger partial charge in [0.1, 0.15) is 30.8 Å². The van der Waals surface area contributed by atoms with E-state index in [0.717, 1.165) is 11.1 Å². The first kappa shape index (κ1) is 23.5. The van der Waals surface area contributed by atoms with E-state index in [1.807, 2.05) is 50.2 Å². The number of hydrogen-bond donors (Lipinski definition) is 0. The molecule has 0 atom stereocenters. The number of fused-ring (bicyclic) bond motifs is 1. The predicted octanol–water partition coefficient (Wildman–Crippen LogP) is 6.41. The Balaban J connectivity index is 0.00000149. The van der Waals surface area contributed by atoms with E-state index in [1.54, 1.807) is 36.4 Å². The molecular weight excluding hydrogens is 416 g/mol. The van der Waals surface area contributed by atoms with Crippen LogP contribution in [0.2, 0.25) is 0 Å². The fourth-order valence-corrected chi connectivity index (χ4v) is 3.19. The van der Waals surface area contributed by atoms with Gasteiger partial charge in [-0.1, -0.05) is 69.0 Å². The minimum atomic E-state index is -0.413. The molecule has 1 aromatic heterocycles. The Hall–Kier alpha value is -4.12. The second kappa shape index (κ2) is 11.5. The largest absolute Gasteiger partial charge is 0.489 e. The van der Waals surface area contributed by atoms with Crippen LogP contribution in [0.3, 0.4) is 0 Å². The van der Waals surface area contributed by atoms with Crippen LogP contribution in [0, 0.1) is 0 Å². The summed E-state index contributed by atoms with van der Waals surface area (Å²) in [6, 6.07) is 21.6. The van der Waals surface area contributed by atoms with Crippen molar-refractivity contribution in [2.75, 3.05) is 6.61 Å². The third-order valence-corrected chi connectivity index (χ3v) is 4.73. The minimum Gasteiger partial charge on any atom is -0.489 e. The van der Waals surface area contributed by atoms with Crippen LogP contribution in [-0.4, -0.2) is 12.6 Å². The maximum absolute atomic E-state index is 12.8. The summed E-state index contributed by atoms with van der Waals surface area (Å²) in [6.45, 7) is 7.94. The number of carbonyl (C=O) groups excluding carboxylic acids is 1. The topological polar surface area (TPSA) is 65.7 Å². The van der Waals surface area contributed by atoms with Gasteiger partial charge in [0.15, 0.2) is 5.43 Å². The van der Waals surface area contributed by atoms with E-state index in [0.29, 0.717) is 27.8 Å². The van der Waals surface area contributed by atoms with Gasteiger partial charge in [-0.2, -0.15) is 0 Å². The number of carbonyl (C=O) groups is 1. The maximum Gasteiger partial charge on any atom is 0.338 e. The number of esters is 1. The molecule has 4 rings (SSSR count). The van der Waals surface area contributed by atoms with Crippen molar-refractivity contribution in [3.8, 4) is 16.9 Å². The van der Waals surface area contributed by atoms with Crippen LogP contribution in [0.25, 0.3) is 22.1 Å². The molecule has 0 amide bonds. The molecule has 168 valence electrons. The van der Waals surface area contributed by atoms with Crippen molar-refractivity contribution in [1.82, 2.24) is 0 Å². The molecule has 0 spiro atoms. The second-order valence-corrected chi connectivity index (χ2v) is 6.88. The summed E-state index contributed by atoms with van der Waals surface area (Å²) in [5.41, 5.74) is 2.94. The van der Waals surface area contributed by atoms with Gasteiger partial charge >= 0.3 is 5.97 Å². The molecule has 0 aliphatic heterocycles. The minimum absolute atomic E-state index is 0.0928. The average molecular weight is 443 g/mol. The van der Waals surface area contributed by atoms with Gasteiger partial charge in [-0.3, -0.25) is 4.79 Å². The molecule has 4 aromatic rings. The van der Waals surface area contributed by atoms with Gasteiger partial charge in [0, 0.05) is 6.07 Å². The van der Waals surface area contributed by atoms with Gasteiger partial charge in [0.05, 0.1) is 16.5 Å². The molecule has 0 aliphatic carbocycles. The molecule has 0 fully saturated rings. The Morgan fingerprint density at radius 2 is 1.79 bits per heavy atom. The number of benzene rings is 3. The third-order valence-electron chi connectivity index (χ3n) is 4.73. The molecule has 5 heteroatoms. The molecule has 0 unspecified atom stereocenters. The molecule has 0 bridgehead atoms. The molecule has 3 aromatic carbocycles. The lowest BCUT2D eigenvalue weighted by molar-refractivity contribution is 0.0549. The van der Waals surface area contributed by atoms with Crippen molar-refractivity contribution in [3.63, 3.8) is 0 Å². The summed E-state index contributed by atoms with van der Waals surface area (Å²) in [5, 5.41) is 0.487. The van der Waals surface area contributed by atoms with Crippen molar-refractivity contribution >= 4 is 16.9 Å². The number of ether oxygens (including phenoxy) is 2. The van der Waals surface area contributed by atoms with E-state index in [4.69, 9.17) is 13.9 Å². The molecule has 5 nitrogen and oxygen atoms in total. The van der Waals surface area contributed by atoms with E-state index in [-0.39, 0.29) is 18.6 Å². The van der Waals surface area contributed by atoms with E-state index >= 15 is 0 Å². The fourth-order valence-electron chi connectivity index (χ4n) is 3.19. The summed E-state index contributed by atoms with van der Waals surface area (Å²) in [4.78, 5) is 24.8. The molecule has 0 aliphatic rings. The van der Waals surface area contributed by atoms with Crippen LogP contribution in [0.1, 0.15) is 29.8 Å². The predicted molar refractivity (Wildman–Crippen MR) is 131 cm³/mol. The molecule has 1 heterocycles. The second-order valence-electron chi connectivity index (χ2n) is 6.88. The zero-order valence-electron chi connectivity index (χ0n) is 18.7. The van der Waals surface area contributed by atoms with Crippen LogP contribution in [0.4, 0.5) is 0 Å². The first-order valence-electron chi connectivity index (χ1n) is 10.8. The van der Waals surface area contributed by atoms with Crippen molar-refractivity contribution in [2.24, 2.45) is 0 Å². The lowest BCUT2D eigenvalue weighted by atomic mass is 10.1. The highest BCUT2D eigenvalue weighted by Gasteiger charge is 2.11. The molecule has 0 radical (unpaired) electrons. The highest BCUT2D eigenvalue weighted by Crippen LogP contribution is 2.23. The fraction of sp³-hybridized carbons (Fsp3) is 0.143. The lowest BCUT2D eigenvalue weighted by Crippen LogP contribution is -2.06. The summed E-state index contributed by atoms with van der Waals surface area (Å²) in [5.74, 6) is 0.145. The quantitative estimate of drug-likeness (QED) is 0.244. The zero-order chi connectivity index (χ0) is 23.6. The Morgan fingerprint density at radius 3 is 2.55 bits per heavy atom. The number of hydrogen-bond acceptors (Lipinski definition) is 5. The van der Waals surface area contributed by atoms with Crippen molar-refractivity contribution < 1.29 is 18.7 Å². The van der Waals surface area contributed by atoms with Gasteiger partial charge in [0.2, 0.25) is 0 Å². The SMILES string of the molecule is C=CCOC(=O)c1cccc(COc2ccc3c(=O)c(-c4ccccc4)coc3c2)c1.CC. The number of rotatable bonds is 7. The molecule has 0 saturated heterocycles. The highest BCUT2D eigenvalue weighted by atomic mass is 16.5. The van der Waals surface area contributed by atoms with E-state index in [9.17, 15) is 9.59 Å². The third kappa shape index (κ3) is 5.77. The smallest absolute Gasteiger partial charge is 0.338 e. The van der Waals surface area contributed by atoms with E-state index in [2.05, 4.69) is 6.58 Å². The van der Waals surface area contributed by atoms with Crippen LogP contribution < -0.4 is 10.2 Å². The molecule has 0 saturated carbocycles. The summed E-state index contributed by atoms with van der Waals surface area (Å²) in [7, 11) is 0. The van der Waals surface area contributed by atoms with Crippen LogP contribution in [0.5, 0.6) is 5.75 Å². The van der Waals surface area contributed by atoms with Gasteiger partial charge in [-0.05, 0) is 35.4 Å². The van der Waals surface area contributed by atoms with Crippen molar-refractivity contribution in [2.45, 2.75) is 20.5 Å². The highest BCUT2D eigenvalue weighted by molar-refractivity contribution is 5.89. The summed E-state index contributed by atoms with van der Waals surface area (Å²) < 4.78 is 16.6. The van der Waals surface area contributed by atoms with Crippen LogP contribution >= 0.6 is 0 Å². The maximum atomic E-state index is 12.8. The van der Waals surface area contributed by atoms with Crippen molar-refractivity contribution in [3.05, 3.63) is 113 Å². The van der Waals surface area contributed by atoms with Gasteiger partial charge in [-0.15, -0.1) is 0 Å². The normalized spacial score (nSPS) is 10.1. The van der Waals surface area contributed by atoms with Crippen LogP contribution in [0.15, 0.2) is 101 Å². The Labute approximate surface area is 192 Å². The first-order valence-corrected chi connectivity index (χ1v) is 10.8. The average Bonchev–Trinajstić information content (AvgIpc) is 2.88. The standard InChI is InChI=1S/C26H20O5.C2H6/c1-2-13-29-26(28)20-10-6-7-18(14-20)16-30-21-11-12-22-24(15-21)31-17-23(25(22)27)19-8-4-3-5-9-19;1-2/h2-12,14-15,17H,1,13,16H2;1-2H3. The monoisotopic (exact) mass is 442 g/mol. The van der Waals surface area contributed by atoms with Crippen LogP contribution in [-0.2, 0) is 11.3 Å². The lowest BCUT2D eigenvalue weighted by Gasteiger charge is -2.09. The van der Waals surface area contributed by atoms with Gasteiger partial charge in [0.25, 0.3) is 0 Å². The Morgan fingerprint density at radius 1 is 1.00 bits per heavy atom. The Bertz CT molecular complexity index is 1290. The Kier molecular flexibility index (Phi) is 8.19. The summed E-state index contributed by atoms with van der Waals surface area (Å²) in [6.07, 6.45) is 2.99.